The first-order chi connectivity index (χ1) is 16.5. The van der Waals surface area contributed by atoms with Gasteiger partial charge in [0.25, 0.3) is 5.56 Å². The highest BCUT2D eigenvalue weighted by Gasteiger charge is 2.21. The number of benzene rings is 1. The van der Waals surface area contributed by atoms with Crippen molar-refractivity contribution in [2.75, 3.05) is 7.11 Å². The number of fused-ring (bicyclic) bond motifs is 1. The molecule has 0 radical (unpaired) electrons. The minimum atomic E-state index is -0.108. The summed E-state index contributed by atoms with van der Waals surface area (Å²) in [6, 6.07) is 17.1. The number of rotatable bonds is 7. The molecule has 0 saturated heterocycles. The molecule has 0 N–H and O–H groups in total. The summed E-state index contributed by atoms with van der Waals surface area (Å²) in [7, 11) is 1.67. The Morgan fingerprint density at radius 3 is 2.71 bits per heavy atom. The molecule has 1 aromatic carbocycles. The lowest BCUT2D eigenvalue weighted by molar-refractivity contribution is 0.184. The molecule has 5 aromatic rings. The minimum Gasteiger partial charge on any atom is -0.458 e. The van der Waals surface area contributed by atoms with Crippen LogP contribution in [0.3, 0.4) is 0 Å². The molecule has 5 rings (SSSR count). The topological polar surface area (TPSA) is 87.5 Å². The quantitative estimate of drug-likeness (QED) is 0.320. The molecule has 0 aliphatic heterocycles. The van der Waals surface area contributed by atoms with E-state index in [0.29, 0.717) is 40.4 Å². The van der Waals surface area contributed by atoms with Gasteiger partial charge in [-0.2, -0.15) is 0 Å². The molecule has 34 heavy (non-hydrogen) atoms. The van der Waals surface area contributed by atoms with E-state index in [9.17, 15) is 4.79 Å². The molecule has 0 saturated carbocycles. The zero-order valence-electron chi connectivity index (χ0n) is 19.1. The van der Waals surface area contributed by atoms with Gasteiger partial charge in [0.1, 0.15) is 11.4 Å². The molecule has 0 unspecified atom stereocenters. The van der Waals surface area contributed by atoms with Gasteiger partial charge in [-0.05, 0) is 43.7 Å². The van der Waals surface area contributed by atoms with E-state index in [4.69, 9.17) is 9.15 Å². The maximum Gasteiger partial charge on any atom is 0.258 e. The molecular weight excluding hydrogens is 450 g/mol. The van der Waals surface area contributed by atoms with Crippen LogP contribution in [-0.4, -0.2) is 31.3 Å². The summed E-state index contributed by atoms with van der Waals surface area (Å²) in [6.45, 7) is 4.28. The van der Waals surface area contributed by atoms with Crippen molar-refractivity contribution < 1.29 is 9.15 Å². The fourth-order valence-corrected chi connectivity index (χ4v) is 4.61. The number of hydrogen-bond donors (Lipinski definition) is 0. The first-order valence-electron chi connectivity index (χ1n) is 10.7. The van der Waals surface area contributed by atoms with Crippen LogP contribution < -0.4 is 5.56 Å². The Morgan fingerprint density at radius 1 is 1.06 bits per heavy atom. The second-order valence-electron chi connectivity index (χ2n) is 7.92. The number of hydrogen-bond acceptors (Lipinski definition) is 7. The van der Waals surface area contributed by atoms with Crippen molar-refractivity contribution in [3.8, 4) is 17.3 Å². The molecule has 0 aliphatic carbocycles. The van der Waals surface area contributed by atoms with E-state index in [2.05, 4.69) is 15.2 Å². The van der Waals surface area contributed by atoms with Crippen molar-refractivity contribution in [3.05, 3.63) is 93.7 Å². The Morgan fingerprint density at radius 2 is 1.91 bits per heavy atom. The standard InChI is InChI=1S/C25H23N5O3S/c1-16-8-11-22-26-19(12-23(31)29(22)13-16)15-34-25-28-27-24(21-10-9-17(2)33-21)30(25)20-7-5-4-6-18(20)14-32-3/h4-13H,14-15H2,1-3H3. The molecule has 4 heterocycles. The zero-order chi connectivity index (χ0) is 23.7. The largest absolute Gasteiger partial charge is 0.458 e. The van der Waals surface area contributed by atoms with Crippen molar-refractivity contribution >= 4 is 17.4 Å². The minimum absolute atomic E-state index is 0.108. The van der Waals surface area contributed by atoms with Gasteiger partial charge in [0.2, 0.25) is 5.82 Å². The van der Waals surface area contributed by atoms with Crippen LogP contribution in [-0.2, 0) is 17.1 Å². The van der Waals surface area contributed by atoms with E-state index in [1.807, 2.05) is 66.9 Å². The van der Waals surface area contributed by atoms with Crippen molar-refractivity contribution in [2.45, 2.75) is 31.4 Å². The first kappa shape index (κ1) is 22.1. The van der Waals surface area contributed by atoms with Crippen molar-refractivity contribution in [1.29, 1.82) is 0 Å². The first-order valence-corrected chi connectivity index (χ1v) is 11.7. The Labute approximate surface area is 200 Å². The lowest BCUT2D eigenvalue weighted by Gasteiger charge is -2.13. The van der Waals surface area contributed by atoms with Crippen LogP contribution in [0.15, 0.2) is 75.2 Å². The number of nitrogens with zero attached hydrogens (tertiary/aromatic N) is 5. The van der Waals surface area contributed by atoms with Gasteiger partial charge in [0.05, 0.1) is 18.0 Å². The zero-order valence-corrected chi connectivity index (χ0v) is 19.9. The molecule has 4 aromatic heterocycles. The third kappa shape index (κ3) is 4.27. The fourth-order valence-electron chi connectivity index (χ4n) is 3.77. The van der Waals surface area contributed by atoms with E-state index < -0.39 is 0 Å². The number of furan rings is 1. The van der Waals surface area contributed by atoms with Crippen LogP contribution in [0.25, 0.3) is 22.9 Å². The monoisotopic (exact) mass is 473 g/mol. The third-order valence-corrected chi connectivity index (χ3v) is 6.30. The second kappa shape index (κ2) is 9.28. The Kier molecular flexibility index (Phi) is 6.04. The van der Waals surface area contributed by atoms with Crippen LogP contribution in [0.1, 0.15) is 22.6 Å². The van der Waals surface area contributed by atoms with E-state index in [-0.39, 0.29) is 5.56 Å². The van der Waals surface area contributed by atoms with Gasteiger partial charge in [0, 0.05) is 30.7 Å². The molecule has 0 amide bonds. The predicted octanol–water partition coefficient (Wildman–Crippen LogP) is 4.59. The molecule has 172 valence electrons. The maximum absolute atomic E-state index is 12.6. The third-order valence-electron chi connectivity index (χ3n) is 5.34. The fraction of sp³-hybridized carbons (Fsp3) is 0.200. The summed E-state index contributed by atoms with van der Waals surface area (Å²) in [6.07, 6.45) is 1.79. The van der Waals surface area contributed by atoms with E-state index in [1.54, 1.807) is 23.8 Å². The van der Waals surface area contributed by atoms with Crippen molar-refractivity contribution in [3.63, 3.8) is 0 Å². The van der Waals surface area contributed by atoms with Gasteiger partial charge in [-0.25, -0.2) is 4.98 Å². The summed E-state index contributed by atoms with van der Waals surface area (Å²) in [5.41, 5.74) is 4.09. The van der Waals surface area contributed by atoms with Gasteiger partial charge in [-0.15, -0.1) is 10.2 Å². The Hall–Kier alpha value is -3.69. The van der Waals surface area contributed by atoms with Gasteiger partial charge in [-0.3, -0.25) is 13.8 Å². The van der Waals surface area contributed by atoms with Crippen LogP contribution in [0, 0.1) is 13.8 Å². The molecule has 0 bridgehead atoms. The molecule has 9 heteroatoms. The van der Waals surface area contributed by atoms with Crippen LogP contribution in [0.4, 0.5) is 0 Å². The van der Waals surface area contributed by atoms with Crippen molar-refractivity contribution in [2.24, 2.45) is 0 Å². The summed E-state index contributed by atoms with van der Waals surface area (Å²) < 4.78 is 14.8. The van der Waals surface area contributed by atoms with Crippen LogP contribution in [0.5, 0.6) is 0 Å². The number of para-hydroxylation sites is 1. The Bertz CT molecular complexity index is 1540. The molecule has 8 nitrogen and oxygen atoms in total. The summed E-state index contributed by atoms with van der Waals surface area (Å²) in [5, 5.41) is 9.56. The maximum atomic E-state index is 12.6. The lowest BCUT2D eigenvalue weighted by Crippen LogP contribution is -2.15. The van der Waals surface area contributed by atoms with E-state index >= 15 is 0 Å². The number of methoxy groups -OCH3 is 1. The number of aryl methyl sites for hydroxylation is 2. The van der Waals surface area contributed by atoms with Crippen LogP contribution >= 0.6 is 11.8 Å². The highest BCUT2D eigenvalue weighted by molar-refractivity contribution is 7.98. The number of pyridine rings is 1. The van der Waals surface area contributed by atoms with E-state index in [0.717, 1.165) is 22.6 Å². The summed E-state index contributed by atoms with van der Waals surface area (Å²) >= 11 is 1.46. The summed E-state index contributed by atoms with van der Waals surface area (Å²) in [4.78, 5) is 17.3. The lowest BCUT2D eigenvalue weighted by atomic mass is 10.2. The molecule has 0 fully saturated rings. The average molecular weight is 474 g/mol. The number of aromatic nitrogens is 5. The number of ether oxygens (including phenoxy) is 1. The van der Waals surface area contributed by atoms with Gasteiger partial charge < -0.3 is 9.15 Å². The van der Waals surface area contributed by atoms with E-state index in [1.165, 1.54) is 11.8 Å². The normalized spacial score (nSPS) is 11.4. The van der Waals surface area contributed by atoms with Gasteiger partial charge in [-0.1, -0.05) is 36.0 Å². The highest BCUT2D eigenvalue weighted by atomic mass is 32.2. The average Bonchev–Trinajstić information content (AvgIpc) is 3.45. The summed E-state index contributed by atoms with van der Waals surface area (Å²) in [5.74, 6) is 2.48. The molecular formula is C25H23N5O3S. The molecule has 0 atom stereocenters. The van der Waals surface area contributed by atoms with Gasteiger partial charge >= 0.3 is 0 Å². The highest BCUT2D eigenvalue weighted by Crippen LogP contribution is 2.31. The predicted molar refractivity (Wildman–Crippen MR) is 130 cm³/mol. The SMILES string of the molecule is COCc1ccccc1-n1c(SCc2cc(=O)n3cc(C)ccc3n2)nnc1-c1ccc(C)o1. The second-order valence-corrected chi connectivity index (χ2v) is 8.87. The smallest absolute Gasteiger partial charge is 0.258 e. The van der Waals surface area contributed by atoms with Crippen LogP contribution in [0.2, 0.25) is 0 Å². The molecule has 0 spiro atoms. The molecule has 0 aliphatic rings. The number of thioether (sulfide) groups is 1. The Balaban J connectivity index is 1.55. The van der Waals surface area contributed by atoms with Crippen molar-refractivity contribution in [1.82, 2.24) is 24.1 Å². The van der Waals surface area contributed by atoms with Gasteiger partial charge in [0.15, 0.2) is 10.9 Å².